The van der Waals surface area contributed by atoms with Gasteiger partial charge in [-0.3, -0.25) is 14.6 Å². The molecule has 2 aromatic carbocycles. The van der Waals surface area contributed by atoms with E-state index in [1.54, 1.807) is 12.4 Å². The fourth-order valence-corrected chi connectivity index (χ4v) is 6.02. The molecule has 2 bridgehead atoms. The molecule has 2 aliphatic heterocycles. The first-order chi connectivity index (χ1) is 18.6. The van der Waals surface area contributed by atoms with Crippen LogP contribution in [-0.2, 0) is 6.54 Å². The number of nitrogens with one attached hydrogen (secondary N) is 2. The number of pyridine rings is 2. The minimum Gasteiger partial charge on any atom is -0.350 e. The van der Waals surface area contributed by atoms with Crippen LogP contribution in [0.15, 0.2) is 79.1 Å². The van der Waals surface area contributed by atoms with Gasteiger partial charge in [-0.1, -0.05) is 42.5 Å². The van der Waals surface area contributed by atoms with Crippen molar-refractivity contribution in [3.63, 3.8) is 0 Å². The predicted octanol–water partition coefficient (Wildman–Crippen LogP) is 4.80. The number of rotatable bonds is 6. The van der Waals surface area contributed by atoms with E-state index in [9.17, 15) is 9.59 Å². The molecule has 0 aliphatic carbocycles. The van der Waals surface area contributed by atoms with E-state index in [2.05, 4.69) is 25.5 Å². The number of nitrogens with zero attached hydrogens (tertiary/aromatic N) is 3. The third kappa shape index (κ3) is 4.72. The molecule has 2 fully saturated rings. The molecule has 0 radical (unpaired) electrons. The van der Waals surface area contributed by atoms with Gasteiger partial charge in [0.25, 0.3) is 11.8 Å². The molecule has 6 rings (SSSR count). The Bertz CT molecular complexity index is 1460. The summed E-state index contributed by atoms with van der Waals surface area (Å²) in [6.45, 7) is 2.45. The first-order valence-electron chi connectivity index (χ1n) is 13.3. The number of carbonyl (C=O) groups excluding carboxylic acids is 2. The van der Waals surface area contributed by atoms with Crippen LogP contribution in [0, 0.1) is 6.92 Å². The summed E-state index contributed by atoms with van der Waals surface area (Å²) in [4.78, 5) is 37.3. The van der Waals surface area contributed by atoms with E-state index >= 15 is 0 Å². The van der Waals surface area contributed by atoms with Gasteiger partial charge < -0.3 is 15.5 Å². The highest BCUT2D eigenvalue weighted by atomic mass is 16.2. The summed E-state index contributed by atoms with van der Waals surface area (Å²) in [7, 11) is 0. The standard InChI is InChI=1S/C31H31N5O2/c1-20-27(13-9-22-8-5-15-32-29(20)22)31(38)35-24-16-25-11-12-26(17-24)36(25)28-14-10-23(19-33-28)30(37)34-18-21-6-3-2-4-7-21/h2-10,13-15,19,24-26H,11-12,16-18H2,1H3,(H,34,37)(H,35,38)/t24?,25-,26+. The summed E-state index contributed by atoms with van der Waals surface area (Å²) in [6.07, 6.45) is 7.36. The number of hydrogen-bond acceptors (Lipinski definition) is 5. The zero-order valence-electron chi connectivity index (χ0n) is 21.4. The van der Waals surface area contributed by atoms with Gasteiger partial charge in [0, 0.05) is 48.0 Å². The quantitative estimate of drug-likeness (QED) is 0.393. The number of amides is 2. The van der Waals surface area contributed by atoms with Crippen molar-refractivity contribution in [3.8, 4) is 0 Å². The average molecular weight is 506 g/mol. The summed E-state index contributed by atoms with van der Waals surface area (Å²) >= 11 is 0. The Morgan fingerprint density at radius 1 is 0.895 bits per heavy atom. The Morgan fingerprint density at radius 2 is 1.68 bits per heavy atom. The van der Waals surface area contributed by atoms with Gasteiger partial charge in [-0.2, -0.15) is 0 Å². The lowest BCUT2D eigenvalue weighted by Gasteiger charge is -2.40. The predicted molar refractivity (Wildman–Crippen MR) is 148 cm³/mol. The number of piperidine rings is 1. The van der Waals surface area contributed by atoms with E-state index in [1.807, 2.05) is 73.7 Å². The first kappa shape index (κ1) is 24.1. The zero-order chi connectivity index (χ0) is 26.1. The van der Waals surface area contributed by atoms with Crippen molar-refractivity contribution >= 4 is 28.5 Å². The lowest BCUT2D eigenvalue weighted by Crippen LogP contribution is -2.50. The van der Waals surface area contributed by atoms with Crippen molar-refractivity contribution in [3.05, 3.63) is 101 Å². The summed E-state index contributed by atoms with van der Waals surface area (Å²) in [5.74, 6) is 0.742. The monoisotopic (exact) mass is 505 g/mol. The van der Waals surface area contributed by atoms with E-state index in [4.69, 9.17) is 0 Å². The largest absolute Gasteiger partial charge is 0.350 e. The second-order valence-corrected chi connectivity index (χ2v) is 10.3. The van der Waals surface area contributed by atoms with Gasteiger partial charge in [0.15, 0.2) is 0 Å². The Kier molecular flexibility index (Phi) is 6.50. The molecule has 192 valence electrons. The van der Waals surface area contributed by atoms with E-state index in [1.165, 1.54) is 0 Å². The number of fused-ring (bicyclic) bond motifs is 3. The third-order valence-electron chi connectivity index (χ3n) is 7.91. The minimum absolute atomic E-state index is 0.0307. The smallest absolute Gasteiger partial charge is 0.253 e. The van der Waals surface area contributed by atoms with Crippen molar-refractivity contribution in [2.45, 2.75) is 57.3 Å². The Labute approximate surface area is 222 Å². The summed E-state index contributed by atoms with van der Waals surface area (Å²) in [5.41, 5.74) is 4.09. The maximum atomic E-state index is 13.2. The van der Waals surface area contributed by atoms with E-state index in [0.29, 0.717) is 29.8 Å². The molecule has 3 atom stereocenters. The van der Waals surface area contributed by atoms with Crippen LogP contribution in [0.5, 0.6) is 0 Å². The van der Waals surface area contributed by atoms with Crippen LogP contribution in [0.3, 0.4) is 0 Å². The molecule has 0 spiro atoms. The van der Waals surface area contributed by atoms with Gasteiger partial charge in [0.05, 0.1) is 11.1 Å². The molecule has 4 aromatic rings. The normalized spacial score (nSPS) is 20.3. The molecule has 2 amide bonds. The highest BCUT2D eigenvalue weighted by molar-refractivity contribution is 6.00. The number of hydrogen-bond donors (Lipinski definition) is 2. The van der Waals surface area contributed by atoms with Crippen LogP contribution < -0.4 is 15.5 Å². The summed E-state index contributed by atoms with van der Waals surface area (Å²) < 4.78 is 0. The molecular weight excluding hydrogens is 474 g/mol. The highest BCUT2D eigenvalue weighted by Crippen LogP contribution is 2.38. The Balaban J connectivity index is 1.09. The lowest BCUT2D eigenvalue weighted by molar-refractivity contribution is 0.0924. The van der Waals surface area contributed by atoms with E-state index in [-0.39, 0.29) is 17.9 Å². The van der Waals surface area contributed by atoms with Crippen molar-refractivity contribution in [2.75, 3.05) is 4.90 Å². The van der Waals surface area contributed by atoms with Crippen molar-refractivity contribution in [1.82, 2.24) is 20.6 Å². The van der Waals surface area contributed by atoms with Gasteiger partial charge in [0.2, 0.25) is 0 Å². The maximum Gasteiger partial charge on any atom is 0.253 e. The Hall–Kier alpha value is -4.26. The fraction of sp³-hybridized carbons (Fsp3) is 0.290. The molecule has 1 unspecified atom stereocenters. The second-order valence-electron chi connectivity index (χ2n) is 10.3. The summed E-state index contributed by atoms with van der Waals surface area (Å²) in [5, 5.41) is 7.30. The molecule has 7 nitrogen and oxygen atoms in total. The van der Waals surface area contributed by atoms with E-state index < -0.39 is 0 Å². The minimum atomic E-state index is -0.128. The molecule has 2 aliphatic rings. The van der Waals surface area contributed by atoms with Crippen LogP contribution in [0.2, 0.25) is 0 Å². The number of aromatic nitrogens is 2. The number of benzene rings is 2. The van der Waals surface area contributed by atoms with Gasteiger partial charge in [-0.15, -0.1) is 0 Å². The van der Waals surface area contributed by atoms with Crippen LogP contribution in [0.1, 0.15) is 57.5 Å². The molecule has 2 N–H and O–H groups in total. The zero-order valence-corrected chi connectivity index (χ0v) is 21.4. The average Bonchev–Trinajstić information content (AvgIpc) is 3.22. The van der Waals surface area contributed by atoms with Crippen molar-refractivity contribution < 1.29 is 9.59 Å². The second kappa shape index (κ2) is 10.2. The third-order valence-corrected chi connectivity index (χ3v) is 7.91. The molecule has 4 heterocycles. The highest BCUT2D eigenvalue weighted by Gasteiger charge is 2.42. The van der Waals surface area contributed by atoms with Gasteiger partial charge in [0.1, 0.15) is 5.82 Å². The fourth-order valence-electron chi connectivity index (χ4n) is 6.02. The molecule has 2 aromatic heterocycles. The first-order valence-corrected chi connectivity index (χ1v) is 13.3. The van der Waals surface area contributed by atoms with Crippen molar-refractivity contribution in [1.29, 1.82) is 0 Å². The Morgan fingerprint density at radius 3 is 2.42 bits per heavy atom. The van der Waals surface area contributed by atoms with Crippen LogP contribution in [-0.4, -0.2) is 39.9 Å². The van der Waals surface area contributed by atoms with Gasteiger partial charge in [-0.05, 0) is 68.0 Å². The molecule has 2 saturated heterocycles. The number of anilines is 1. The summed E-state index contributed by atoms with van der Waals surface area (Å²) in [6, 6.07) is 22.2. The number of aryl methyl sites for hydroxylation is 1. The van der Waals surface area contributed by atoms with Crippen molar-refractivity contribution in [2.24, 2.45) is 0 Å². The van der Waals surface area contributed by atoms with Crippen LogP contribution in [0.25, 0.3) is 10.9 Å². The topological polar surface area (TPSA) is 87.2 Å². The SMILES string of the molecule is Cc1c(C(=O)NC2C[C@H]3CC[C@@H](C2)N3c2ccc(C(=O)NCc3ccccc3)cn2)ccc2cccnc12. The molecule has 0 saturated carbocycles. The van der Waals surface area contributed by atoms with Gasteiger partial charge in [-0.25, -0.2) is 4.98 Å². The van der Waals surface area contributed by atoms with Crippen LogP contribution >= 0.6 is 0 Å². The maximum absolute atomic E-state index is 13.2. The molecule has 38 heavy (non-hydrogen) atoms. The lowest BCUT2D eigenvalue weighted by atomic mass is 9.96. The molecular formula is C31H31N5O2. The van der Waals surface area contributed by atoms with Gasteiger partial charge >= 0.3 is 0 Å². The molecule has 7 heteroatoms. The van der Waals surface area contributed by atoms with E-state index in [0.717, 1.165) is 53.5 Å². The number of carbonyl (C=O) groups is 2. The van der Waals surface area contributed by atoms with Crippen LogP contribution in [0.4, 0.5) is 5.82 Å².